The lowest BCUT2D eigenvalue weighted by Crippen LogP contribution is -2.38. The molecule has 1 amide bonds. The predicted octanol–water partition coefficient (Wildman–Crippen LogP) is 2.44. The van der Waals surface area contributed by atoms with Gasteiger partial charge in [-0.25, -0.2) is 0 Å². The lowest BCUT2D eigenvalue weighted by molar-refractivity contribution is -0.123. The minimum atomic E-state index is -0.0741. The second kappa shape index (κ2) is 6.87. The molecule has 0 radical (unpaired) electrons. The quantitative estimate of drug-likeness (QED) is 0.939. The number of benzene rings is 1. The summed E-state index contributed by atoms with van der Waals surface area (Å²) < 4.78 is 0. The molecule has 0 atom stereocenters. The monoisotopic (exact) mass is 319 g/mol. The maximum absolute atomic E-state index is 12.0. The number of tetrazole rings is 1. The van der Waals surface area contributed by atoms with E-state index in [0.29, 0.717) is 16.4 Å². The van der Waals surface area contributed by atoms with Gasteiger partial charge in [-0.05, 0) is 30.2 Å². The fourth-order valence-electron chi connectivity index (χ4n) is 2.71. The van der Waals surface area contributed by atoms with Crippen LogP contribution in [0.1, 0.15) is 32.1 Å². The Morgan fingerprint density at radius 3 is 2.82 bits per heavy atom. The van der Waals surface area contributed by atoms with Crippen molar-refractivity contribution in [2.24, 2.45) is 0 Å². The van der Waals surface area contributed by atoms with Gasteiger partial charge in [-0.15, -0.1) is 10.2 Å². The highest BCUT2D eigenvalue weighted by Gasteiger charge is 2.17. The highest BCUT2D eigenvalue weighted by molar-refractivity contribution is 6.33. The van der Waals surface area contributed by atoms with Crippen molar-refractivity contribution in [1.29, 1.82) is 0 Å². The van der Waals surface area contributed by atoms with Crippen molar-refractivity contribution in [3.8, 4) is 11.4 Å². The van der Waals surface area contributed by atoms with Crippen LogP contribution in [0.4, 0.5) is 0 Å². The zero-order chi connectivity index (χ0) is 15.4. The van der Waals surface area contributed by atoms with Crippen LogP contribution in [0.2, 0.25) is 5.02 Å². The third-order valence-corrected chi connectivity index (χ3v) is 4.15. The van der Waals surface area contributed by atoms with Gasteiger partial charge in [-0.2, -0.15) is 4.80 Å². The molecule has 116 valence electrons. The van der Waals surface area contributed by atoms with Crippen molar-refractivity contribution in [2.75, 3.05) is 0 Å². The summed E-state index contributed by atoms with van der Waals surface area (Å²) in [5.74, 6) is 0.353. The van der Waals surface area contributed by atoms with Crippen LogP contribution < -0.4 is 5.32 Å². The molecule has 1 aromatic heterocycles. The molecule has 1 aliphatic rings. The largest absolute Gasteiger partial charge is 0.352 e. The second-order valence-corrected chi connectivity index (χ2v) is 5.93. The SMILES string of the molecule is O=C(Cn1nnc(-c2ccccc2Cl)n1)NC1CCCCC1. The molecular formula is C15H18ClN5O. The number of carbonyl (C=O) groups is 1. The van der Waals surface area contributed by atoms with E-state index in [9.17, 15) is 4.79 Å². The van der Waals surface area contributed by atoms with Gasteiger partial charge in [0, 0.05) is 11.6 Å². The summed E-state index contributed by atoms with van der Waals surface area (Å²) in [5.41, 5.74) is 0.711. The Bertz CT molecular complexity index is 651. The van der Waals surface area contributed by atoms with Crippen LogP contribution in [0.15, 0.2) is 24.3 Å². The van der Waals surface area contributed by atoms with Gasteiger partial charge in [0.2, 0.25) is 11.7 Å². The molecule has 0 saturated heterocycles. The summed E-state index contributed by atoms with van der Waals surface area (Å²) in [6, 6.07) is 7.58. The maximum atomic E-state index is 12.0. The fraction of sp³-hybridized carbons (Fsp3) is 0.467. The summed E-state index contributed by atoms with van der Waals surface area (Å²) >= 11 is 6.11. The first-order valence-electron chi connectivity index (χ1n) is 7.54. The molecule has 2 aromatic rings. The number of nitrogens with zero attached hydrogens (tertiary/aromatic N) is 4. The molecule has 3 rings (SSSR count). The Morgan fingerprint density at radius 2 is 2.05 bits per heavy atom. The number of aromatic nitrogens is 4. The van der Waals surface area contributed by atoms with E-state index in [2.05, 4.69) is 20.7 Å². The molecule has 7 heteroatoms. The Kier molecular flexibility index (Phi) is 4.68. The second-order valence-electron chi connectivity index (χ2n) is 5.53. The molecule has 0 bridgehead atoms. The molecule has 1 heterocycles. The van der Waals surface area contributed by atoms with Gasteiger partial charge in [0.25, 0.3) is 0 Å². The van der Waals surface area contributed by atoms with Gasteiger partial charge in [0.05, 0.1) is 5.02 Å². The lowest BCUT2D eigenvalue weighted by Gasteiger charge is -2.22. The molecule has 1 N–H and O–H groups in total. The van der Waals surface area contributed by atoms with Crippen LogP contribution in [0.3, 0.4) is 0 Å². The van der Waals surface area contributed by atoms with Crippen molar-refractivity contribution in [2.45, 2.75) is 44.7 Å². The number of hydrogen-bond donors (Lipinski definition) is 1. The summed E-state index contributed by atoms with van der Waals surface area (Å²) in [7, 11) is 0. The van der Waals surface area contributed by atoms with Gasteiger partial charge >= 0.3 is 0 Å². The normalized spacial score (nSPS) is 15.7. The predicted molar refractivity (Wildman–Crippen MR) is 83.3 cm³/mol. The third-order valence-electron chi connectivity index (χ3n) is 3.82. The van der Waals surface area contributed by atoms with Crippen LogP contribution in [0.5, 0.6) is 0 Å². The number of amides is 1. The summed E-state index contributed by atoms with van der Waals surface area (Å²) in [4.78, 5) is 13.3. The number of nitrogens with one attached hydrogen (secondary N) is 1. The van der Waals surface area contributed by atoms with E-state index in [1.165, 1.54) is 24.1 Å². The number of halogens is 1. The average molecular weight is 320 g/mol. The van der Waals surface area contributed by atoms with E-state index in [0.717, 1.165) is 12.8 Å². The molecule has 1 fully saturated rings. The minimum absolute atomic E-state index is 0.0741. The van der Waals surface area contributed by atoms with Gasteiger partial charge in [0.1, 0.15) is 6.54 Å². The van der Waals surface area contributed by atoms with E-state index in [1.54, 1.807) is 6.07 Å². The summed E-state index contributed by atoms with van der Waals surface area (Å²) in [6.45, 7) is 0.0773. The summed E-state index contributed by atoms with van der Waals surface area (Å²) in [5, 5.41) is 15.7. The first-order valence-corrected chi connectivity index (χ1v) is 7.92. The van der Waals surface area contributed by atoms with Crippen LogP contribution in [0.25, 0.3) is 11.4 Å². The van der Waals surface area contributed by atoms with E-state index >= 15 is 0 Å². The molecule has 0 aliphatic heterocycles. The van der Waals surface area contributed by atoms with Crippen molar-refractivity contribution >= 4 is 17.5 Å². The van der Waals surface area contributed by atoms with Gasteiger partial charge in [-0.1, -0.05) is 43.0 Å². The first-order chi connectivity index (χ1) is 10.7. The Morgan fingerprint density at radius 1 is 1.27 bits per heavy atom. The van der Waals surface area contributed by atoms with Crippen molar-refractivity contribution < 1.29 is 4.79 Å². The molecule has 0 spiro atoms. The van der Waals surface area contributed by atoms with Gasteiger partial charge in [-0.3, -0.25) is 4.79 Å². The van der Waals surface area contributed by atoms with Crippen LogP contribution in [-0.2, 0) is 11.3 Å². The van der Waals surface area contributed by atoms with Gasteiger partial charge in [0.15, 0.2) is 0 Å². The van der Waals surface area contributed by atoms with Crippen molar-refractivity contribution in [3.05, 3.63) is 29.3 Å². The molecule has 1 aromatic carbocycles. The number of carbonyl (C=O) groups excluding carboxylic acids is 1. The Balaban J connectivity index is 1.62. The Labute approximate surface area is 133 Å². The first kappa shape index (κ1) is 15.0. The fourth-order valence-corrected chi connectivity index (χ4v) is 2.93. The average Bonchev–Trinajstić information content (AvgIpc) is 2.97. The smallest absolute Gasteiger partial charge is 0.243 e. The van der Waals surface area contributed by atoms with E-state index in [4.69, 9.17) is 11.6 Å². The van der Waals surface area contributed by atoms with Crippen LogP contribution >= 0.6 is 11.6 Å². The van der Waals surface area contributed by atoms with Gasteiger partial charge < -0.3 is 5.32 Å². The maximum Gasteiger partial charge on any atom is 0.243 e. The molecule has 6 nitrogen and oxygen atoms in total. The van der Waals surface area contributed by atoms with E-state index in [-0.39, 0.29) is 18.5 Å². The number of rotatable bonds is 4. The number of hydrogen-bond acceptors (Lipinski definition) is 4. The highest BCUT2D eigenvalue weighted by atomic mass is 35.5. The van der Waals surface area contributed by atoms with Crippen LogP contribution in [0, 0.1) is 0 Å². The van der Waals surface area contributed by atoms with Crippen molar-refractivity contribution in [1.82, 2.24) is 25.5 Å². The van der Waals surface area contributed by atoms with E-state index < -0.39 is 0 Å². The summed E-state index contributed by atoms with van der Waals surface area (Å²) in [6.07, 6.45) is 5.74. The zero-order valence-electron chi connectivity index (χ0n) is 12.2. The highest BCUT2D eigenvalue weighted by Crippen LogP contribution is 2.23. The lowest BCUT2D eigenvalue weighted by atomic mass is 9.95. The molecule has 1 saturated carbocycles. The standard InChI is InChI=1S/C15H18ClN5O/c16-13-9-5-4-8-12(13)15-18-20-21(19-15)10-14(22)17-11-6-2-1-3-7-11/h4-5,8-9,11H,1-3,6-7,10H2,(H,17,22). The zero-order valence-corrected chi connectivity index (χ0v) is 13.0. The van der Waals surface area contributed by atoms with E-state index in [1.807, 2.05) is 18.2 Å². The van der Waals surface area contributed by atoms with Crippen LogP contribution in [-0.4, -0.2) is 32.2 Å². The van der Waals surface area contributed by atoms with Crippen molar-refractivity contribution in [3.63, 3.8) is 0 Å². The molecular weight excluding hydrogens is 302 g/mol. The molecule has 1 aliphatic carbocycles. The minimum Gasteiger partial charge on any atom is -0.352 e. The molecule has 22 heavy (non-hydrogen) atoms. The third kappa shape index (κ3) is 3.62. The Hall–Kier alpha value is -1.95. The topological polar surface area (TPSA) is 72.7 Å². The molecule has 0 unspecified atom stereocenters.